The average Bonchev–Trinajstić information content (AvgIpc) is 3.45. The number of morpholine rings is 1. The van der Waals surface area contributed by atoms with Gasteiger partial charge in [0.15, 0.2) is 11.4 Å². The summed E-state index contributed by atoms with van der Waals surface area (Å²) in [5.41, 5.74) is 2.90. The highest BCUT2D eigenvalue weighted by molar-refractivity contribution is 5.94. The Kier molecular flexibility index (Phi) is 5.91. The van der Waals surface area contributed by atoms with Crippen LogP contribution in [-0.4, -0.2) is 64.7 Å². The Hall–Kier alpha value is -3.79. The van der Waals surface area contributed by atoms with Gasteiger partial charge in [0.2, 0.25) is 5.88 Å². The van der Waals surface area contributed by atoms with E-state index in [0.29, 0.717) is 30.1 Å². The number of hydrogen-bond acceptors (Lipinski definition) is 8. The van der Waals surface area contributed by atoms with Crippen molar-refractivity contribution in [1.29, 1.82) is 0 Å². The fourth-order valence-corrected chi connectivity index (χ4v) is 4.76. The van der Waals surface area contributed by atoms with Gasteiger partial charge in [0.05, 0.1) is 19.4 Å². The molecule has 3 aromatic heterocycles. The van der Waals surface area contributed by atoms with Crippen LogP contribution in [0.1, 0.15) is 33.6 Å². The van der Waals surface area contributed by atoms with Crippen LogP contribution in [0.5, 0.6) is 5.88 Å². The van der Waals surface area contributed by atoms with Crippen molar-refractivity contribution in [3.63, 3.8) is 0 Å². The minimum atomic E-state index is -0.518. The third-order valence-corrected chi connectivity index (χ3v) is 6.58. The molecule has 1 saturated heterocycles. The number of amides is 1. The molecule has 2 aliphatic rings. The van der Waals surface area contributed by atoms with E-state index < -0.39 is 11.7 Å². The van der Waals surface area contributed by atoms with Crippen LogP contribution < -0.4 is 15.0 Å². The maximum atomic E-state index is 12.0. The quantitative estimate of drug-likeness (QED) is 0.425. The number of aromatic nitrogens is 3. The van der Waals surface area contributed by atoms with Gasteiger partial charge >= 0.3 is 6.09 Å². The Morgan fingerprint density at radius 1 is 1.14 bits per heavy atom. The maximum absolute atomic E-state index is 12.0. The second-order valence-corrected chi connectivity index (χ2v) is 10.5. The third-order valence-electron chi connectivity index (χ3n) is 6.58. The van der Waals surface area contributed by atoms with Crippen molar-refractivity contribution in [3.8, 4) is 17.3 Å². The van der Waals surface area contributed by atoms with E-state index in [1.807, 2.05) is 45.0 Å². The number of ether oxygens (including phenoxy) is 3. The minimum absolute atomic E-state index is 0.0286. The van der Waals surface area contributed by atoms with E-state index in [2.05, 4.69) is 32.4 Å². The zero-order valence-electron chi connectivity index (χ0n) is 21.3. The minimum Gasteiger partial charge on any atom is -0.473 e. The number of benzene rings is 1. The van der Waals surface area contributed by atoms with Gasteiger partial charge in [-0.15, -0.1) is 5.10 Å². The molecule has 0 radical (unpaired) electrons. The Balaban J connectivity index is 1.18. The van der Waals surface area contributed by atoms with E-state index in [1.165, 1.54) is 0 Å². The predicted octanol–water partition coefficient (Wildman–Crippen LogP) is 4.41. The summed E-state index contributed by atoms with van der Waals surface area (Å²) in [5.74, 6) is 1.19. The van der Waals surface area contributed by atoms with Crippen LogP contribution in [0.25, 0.3) is 28.1 Å². The van der Waals surface area contributed by atoms with E-state index in [-0.39, 0.29) is 12.1 Å². The molecule has 0 bridgehead atoms. The summed E-state index contributed by atoms with van der Waals surface area (Å²) in [7, 11) is 0. The molecule has 10 heteroatoms. The van der Waals surface area contributed by atoms with Crippen molar-refractivity contribution in [2.75, 3.05) is 31.2 Å². The van der Waals surface area contributed by atoms with Crippen molar-refractivity contribution in [2.45, 2.75) is 51.4 Å². The predicted molar refractivity (Wildman–Crippen MR) is 138 cm³/mol. The molecule has 1 aliphatic carbocycles. The van der Waals surface area contributed by atoms with Gasteiger partial charge in [-0.25, -0.2) is 14.3 Å². The molecule has 0 atom stereocenters. The van der Waals surface area contributed by atoms with E-state index >= 15 is 0 Å². The van der Waals surface area contributed by atoms with Crippen molar-refractivity contribution < 1.29 is 23.4 Å². The molecule has 2 fully saturated rings. The zero-order chi connectivity index (χ0) is 25.6. The fraction of sp³-hybridized carbons (Fsp3) is 0.444. The lowest BCUT2D eigenvalue weighted by atomic mass is 9.89. The van der Waals surface area contributed by atoms with Gasteiger partial charge in [-0.1, -0.05) is 6.07 Å². The first-order chi connectivity index (χ1) is 17.8. The van der Waals surface area contributed by atoms with Crippen molar-refractivity contribution in [2.24, 2.45) is 0 Å². The van der Waals surface area contributed by atoms with Crippen LogP contribution in [0.4, 0.5) is 10.5 Å². The molecule has 1 saturated carbocycles. The number of nitrogens with one attached hydrogen (secondary N) is 1. The Morgan fingerprint density at radius 3 is 2.73 bits per heavy atom. The highest BCUT2D eigenvalue weighted by atomic mass is 16.6. The van der Waals surface area contributed by atoms with Crippen molar-refractivity contribution >= 4 is 28.4 Å². The molecule has 0 unspecified atom stereocenters. The number of rotatable bonds is 5. The molecule has 6 rings (SSSR count). The molecule has 194 valence electrons. The summed E-state index contributed by atoms with van der Waals surface area (Å²) < 4.78 is 24.9. The van der Waals surface area contributed by atoms with Gasteiger partial charge in [0.25, 0.3) is 0 Å². The summed E-state index contributed by atoms with van der Waals surface area (Å²) in [6.07, 6.45) is 2.73. The molecular weight excluding hydrogens is 474 g/mol. The highest BCUT2D eigenvalue weighted by Gasteiger charge is 2.33. The van der Waals surface area contributed by atoms with Gasteiger partial charge in [-0.3, -0.25) is 0 Å². The van der Waals surface area contributed by atoms with Crippen LogP contribution in [0, 0.1) is 0 Å². The highest BCUT2D eigenvalue weighted by Crippen LogP contribution is 2.35. The smallest absolute Gasteiger partial charge is 0.407 e. The largest absolute Gasteiger partial charge is 0.473 e. The van der Waals surface area contributed by atoms with Gasteiger partial charge in [-0.2, -0.15) is 0 Å². The first-order valence-electron chi connectivity index (χ1n) is 12.7. The SMILES string of the molecule is CC(C)(C)OC(=O)N[C@H]1C[C@H](Oc2ccc3ncc(-c4cc5c(N6CCOCC6)cccc5o4)n3n2)C1. The Labute approximate surface area is 214 Å². The monoisotopic (exact) mass is 505 g/mol. The molecular formula is C27H31N5O5. The van der Waals surface area contributed by atoms with Crippen LogP contribution in [0.2, 0.25) is 0 Å². The molecule has 1 N–H and O–H groups in total. The van der Waals surface area contributed by atoms with Gasteiger partial charge < -0.3 is 28.8 Å². The molecule has 1 amide bonds. The number of hydrogen-bond donors (Lipinski definition) is 1. The van der Waals surface area contributed by atoms with Gasteiger partial charge in [-0.05, 0) is 45.0 Å². The number of carbonyl (C=O) groups excluding carboxylic acids is 1. The zero-order valence-corrected chi connectivity index (χ0v) is 21.3. The van der Waals surface area contributed by atoms with Crippen LogP contribution in [0.15, 0.2) is 47.0 Å². The van der Waals surface area contributed by atoms with Gasteiger partial charge in [0, 0.05) is 49.1 Å². The molecule has 0 spiro atoms. The topological polar surface area (TPSA) is 103 Å². The molecule has 4 aromatic rings. The fourth-order valence-electron chi connectivity index (χ4n) is 4.76. The summed E-state index contributed by atoms with van der Waals surface area (Å²) >= 11 is 0. The van der Waals surface area contributed by atoms with E-state index in [4.69, 9.17) is 18.6 Å². The second kappa shape index (κ2) is 9.26. The number of furan rings is 1. The Morgan fingerprint density at radius 2 is 1.95 bits per heavy atom. The lowest BCUT2D eigenvalue weighted by Gasteiger charge is -2.35. The lowest BCUT2D eigenvalue weighted by molar-refractivity contribution is 0.0352. The molecule has 1 aromatic carbocycles. The second-order valence-electron chi connectivity index (χ2n) is 10.5. The van der Waals surface area contributed by atoms with E-state index in [1.54, 1.807) is 10.7 Å². The third kappa shape index (κ3) is 4.93. The molecule has 4 heterocycles. The normalized spacial score (nSPS) is 20.1. The molecule has 37 heavy (non-hydrogen) atoms. The van der Waals surface area contributed by atoms with Crippen LogP contribution in [-0.2, 0) is 9.47 Å². The first kappa shape index (κ1) is 23.6. The number of anilines is 1. The number of carbonyl (C=O) groups is 1. The van der Waals surface area contributed by atoms with Crippen molar-refractivity contribution in [1.82, 2.24) is 19.9 Å². The first-order valence-corrected chi connectivity index (χ1v) is 12.7. The standard InChI is InChI=1S/C27H31N5O5/c1-27(2,3)37-26(33)29-17-13-18(14-17)35-25-8-7-24-28-16-21(32(24)30-25)23-15-19-20(5-4-6-22(19)36-23)31-9-11-34-12-10-31/h4-8,15-18H,9-14H2,1-3H3,(H,29,33)/t17-,18-. The summed E-state index contributed by atoms with van der Waals surface area (Å²) in [6, 6.07) is 11.9. The lowest BCUT2D eigenvalue weighted by Crippen LogP contribution is -2.50. The maximum Gasteiger partial charge on any atom is 0.407 e. The van der Waals surface area contributed by atoms with E-state index in [0.717, 1.165) is 48.7 Å². The summed E-state index contributed by atoms with van der Waals surface area (Å²) in [5, 5.41) is 8.62. The molecule has 10 nitrogen and oxygen atoms in total. The number of imidazole rings is 1. The number of fused-ring (bicyclic) bond motifs is 2. The van der Waals surface area contributed by atoms with Crippen LogP contribution in [0.3, 0.4) is 0 Å². The summed E-state index contributed by atoms with van der Waals surface area (Å²) in [6.45, 7) is 8.69. The van der Waals surface area contributed by atoms with Crippen LogP contribution >= 0.6 is 0 Å². The van der Waals surface area contributed by atoms with Crippen molar-refractivity contribution in [3.05, 3.63) is 42.6 Å². The van der Waals surface area contributed by atoms with E-state index in [9.17, 15) is 4.79 Å². The average molecular weight is 506 g/mol. The Bertz CT molecular complexity index is 1430. The number of alkyl carbamates (subject to hydrolysis) is 1. The number of nitrogens with zero attached hydrogens (tertiary/aromatic N) is 4. The summed E-state index contributed by atoms with van der Waals surface area (Å²) in [4.78, 5) is 18.8. The van der Waals surface area contributed by atoms with Gasteiger partial charge in [0.1, 0.15) is 23.0 Å². The molecule has 1 aliphatic heterocycles.